The molecule has 2 aliphatic rings. The van der Waals surface area contributed by atoms with Crippen LogP contribution in [0, 0.1) is 12.7 Å². The van der Waals surface area contributed by atoms with Crippen LogP contribution in [0.3, 0.4) is 0 Å². The zero-order chi connectivity index (χ0) is 26.4. The van der Waals surface area contributed by atoms with Crippen LogP contribution in [-0.2, 0) is 0 Å². The van der Waals surface area contributed by atoms with Crippen molar-refractivity contribution in [1.82, 2.24) is 15.2 Å². The molecule has 4 heterocycles. The molecule has 2 aromatic carbocycles. The molecule has 6 rings (SSSR count). The van der Waals surface area contributed by atoms with Gasteiger partial charge in [0.2, 0.25) is 0 Å². The number of para-hydroxylation sites is 1. The molecule has 0 spiro atoms. The van der Waals surface area contributed by atoms with Crippen LogP contribution in [0.5, 0.6) is 11.5 Å². The summed E-state index contributed by atoms with van der Waals surface area (Å²) in [6, 6.07) is 13.4. The number of anilines is 3. The summed E-state index contributed by atoms with van der Waals surface area (Å²) in [6.45, 7) is 3.40. The zero-order valence-corrected chi connectivity index (χ0v) is 21.8. The molecule has 10 heteroatoms. The van der Waals surface area contributed by atoms with Crippen LogP contribution in [0.4, 0.5) is 26.2 Å². The Hall–Kier alpha value is -4.02. The number of thiophene rings is 1. The maximum atomic E-state index is 15.4. The number of aromatic nitrogens is 1. The minimum absolute atomic E-state index is 0.0455. The topological polar surface area (TPSA) is 86.8 Å². The van der Waals surface area contributed by atoms with Crippen molar-refractivity contribution in [2.45, 2.75) is 25.8 Å². The number of hydrogen-bond donors (Lipinski definition) is 2. The second-order valence-corrected chi connectivity index (χ2v) is 10.6. The number of halogens is 1. The van der Waals surface area contributed by atoms with Crippen molar-refractivity contribution in [1.29, 1.82) is 0 Å². The summed E-state index contributed by atoms with van der Waals surface area (Å²) < 4.78 is 21.1. The van der Waals surface area contributed by atoms with Gasteiger partial charge in [0.1, 0.15) is 15.5 Å². The van der Waals surface area contributed by atoms with E-state index in [0.29, 0.717) is 37.9 Å². The lowest BCUT2D eigenvalue weighted by Gasteiger charge is -2.31. The summed E-state index contributed by atoms with van der Waals surface area (Å²) in [5.41, 5.74) is 1.62. The number of pyridine rings is 1. The van der Waals surface area contributed by atoms with E-state index < -0.39 is 11.8 Å². The van der Waals surface area contributed by atoms with Gasteiger partial charge >= 0.3 is 6.03 Å². The number of amides is 3. The molecule has 2 N–H and O–H groups in total. The molecule has 2 aromatic heterocycles. The molecule has 0 unspecified atom stereocenters. The molecule has 0 saturated carbocycles. The van der Waals surface area contributed by atoms with E-state index in [4.69, 9.17) is 4.74 Å². The number of rotatable bonds is 5. The van der Waals surface area contributed by atoms with E-state index in [-0.39, 0.29) is 23.3 Å². The highest BCUT2D eigenvalue weighted by molar-refractivity contribution is 7.21. The number of piperidine rings is 1. The summed E-state index contributed by atoms with van der Waals surface area (Å²) in [6.07, 6.45) is 3.53. The van der Waals surface area contributed by atoms with Gasteiger partial charge in [0.15, 0.2) is 11.6 Å². The van der Waals surface area contributed by atoms with Gasteiger partial charge in [0, 0.05) is 24.3 Å². The lowest BCUT2D eigenvalue weighted by molar-refractivity contribution is 0.0917. The lowest BCUT2D eigenvalue weighted by Crippen LogP contribution is -2.46. The summed E-state index contributed by atoms with van der Waals surface area (Å²) in [4.78, 5) is 35.8. The van der Waals surface area contributed by atoms with E-state index in [9.17, 15) is 9.59 Å². The fourth-order valence-corrected chi connectivity index (χ4v) is 6.13. The standard InChI is InChI=1S/C28H26FN5O3S/c1-16-19(10-11-21(23(16)29)37-18-8-4-3-5-9-18)34-20-12-13-30-27-22(20)24(32-28(34)36)25(38-27)26(35)31-17-7-6-14-33(2)15-17/h3-5,8-13,17H,6-7,14-15H2,1-2H3,(H,31,35)(H,32,36)/t17-/m1/s1. The van der Waals surface area contributed by atoms with Gasteiger partial charge in [-0.3, -0.25) is 9.69 Å². The Bertz CT molecular complexity index is 1560. The van der Waals surface area contributed by atoms with Gasteiger partial charge in [-0.25, -0.2) is 14.2 Å². The van der Waals surface area contributed by atoms with Crippen molar-refractivity contribution < 1.29 is 18.7 Å². The Labute approximate surface area is 223 Å². The largest absolute Gasteiger partial charge is 0.454 e. The van der Waals surface area contributed by atoms with Crippen molar-refractivity contribution >= 4 is 50.6 Å². The van der Waals surface area contributed by atoms with Crippen LogP contribution in [0.15, 0.2) is 54.7 Å². The Morgan fingerprint density at radius 2 is 2.00 bits per heavy atom. The van der Waals surface area contributed by atoms with Crippen LogP contribution in [0.1, 0.15) is 28.1 Å². The van der Waals surface area contributed by atoms with Crippen molar-refractivity contribution in [3.8, 4) is 11.5 Å². The predicted molar refractivity (Wildman–Crippen MR) is 146 cm³/mol. The lowest BCUT2D eigenvalue weighted by atomic mass is 10.1. The number of carbonyl (C=O) groups is 2. The highest BCUT2D eigenvalue weighted by Gasteiger charge is 2.34. The molecule has 8 nitrogen and oxygen atoms in total. The van der Waals surface area contributed by atoms with Gasteiger partial charge in [0.25, 0.3) is 5.91 Å². The van der Waals surface area contributed by atoms with Gasteiger partial charge < -0.3 is 20.3 Å². The highest BCUT2D eigenvalue weighted by atomic mass is 32.1. The molecule has 3 amide bonds. The number of likely N-dealkylation sites (N-methyl/N-ethyl adjacent to an activating group) is 1. The van der Waals surface area contributed by atoms with Crippen molar-refractivity contribution in [3.63, 3.8) is 0 Å². The van der Waals surface area contributed by atoms with Crippen molar-refractivity contribution in [3.05, 3.63) is 71.0 Å². The minimum atomic E-state index is -0.557. The van der Waals surface area contributed by atoms with Gasteiger partial charge in [0.05, 0.1) is 22.4 Å². The highest BCUT2D eigenvalue weighted by Crippen LogP contribution is 2.47. The Morgan fingerprint density at radius 3 is 2.79 bits per heavy atom. The molecule has 0 radical (unpaired) electrons. The SMILES string of the molecule is Cc1c(N2C(=O)Nc3c(C(=O)N[C@@H]4CCCN(C)C4)sc4nccc2c34)ccc(Oc2ccccc2)c1F. The normalized spacial score (nSPS) is 17.4. The van der Waals surface area contributed by atoms with Crippen LogP contribution in [0.25, 0.3) is 10.2 Å². The quantitative estimate of drug-likeness (QED) is 0.328. The van der Waals surface area contributed by atoms with Gasteiger partial charge in [-0.15, -0.1) is 11.3 Å². The monoisotopic (exact) mass is 531 g/mol. The number of nitrogens with one attached hydrogen (secondary N) is 2. The van der Waals surface area contributed by atoms with Crippen LogP contribution < -0.4 is 20.3 Å². The number of benzene rings is 2. The average Bonchev–Trinajstić information content (AvgIpc) is 3.28. The first-order valence-electron chi connectivity index (χ1n) is 12.4. The number of carbonyl (C=O) groups excluding carboxylic acids is 2. The maximum absolute atomic E-state index is 15.4. The van der Waals surface area contributed by atoms with Crippen molar-refractivity contribution in [2.24, 2.45) is 0 Å². The van der Waals surface area contributed by atoms with Crippen LogP contribution in [-0.4, -0.2) is 48.0 Å². The van der Waals surface area contributed by atoms with Gasteiger partial charge in [-0.2, -0.15) is 0 Å². The van der Waals surface area contributed by atoms with Crippen LogP contribution >= 0.6 is 11.3 Å². The summed E-state index contributed by atoms with van der Waals surface area (Å²) in [5, 5.41) is 6.66. The third-order valence-electron chi connectivity index (χ3n) is 6.95. The van der Waals surface area contributed by atoms with Crippen LogP contribution in [0.2, 0.25) is 0 Å². The molecule has 0 bridgehead atoms. The summed E-state index contributed by atoms with van der Waals surface area (Å²) in [7, 11) is 2.04. The molecule has 2 aliphatic heterocycles. The Kier molecular flexibility index (Phi) is 6.21. The van der Waals surface area contributed by atoms with E-state index >= 15 is 4.39 Å². The number of likely N-dealkylation sites (tertiary alicyclic amines) is 1. The predicted octanol–water partition coefficient (Wildman–Crippen LogP) is 6.04. The molecule has 1 saturated heterocycles. The third-order valence-corrected chi connectivity index (χ3v) is 8.04. The minimum Gasteiger partial charge on any atom is -0.454 e. The van der Waals surface area contributed by atoms with Gasteiger partial charge in [-0.05, 0) is 63.7 Å². The third kappa shape index (κ3) is 4.25. The molecule has 1 fully saturated rings. The summed E-state index contributed by atoms with van der Waals surface area (Å²) in [5.74, 6) is -0.206. The van der Waals surface area contributed by atoms with Gasteiger partial charge in [-0.1, -0.05) is 18.2 Å². The zero-order valence-electron chi connectivity index (χ0n) is 21.0. The Balaban J connectivity index is 1.36. The molecule has 0 aliphatic carbocycles. The number of hydrogen-bond acceptors (Lipinski definition) is 6. The molecule has 4 aromatic rings. The molecular weight excluding hydrogens is 505 g/mol. The fourth-order valence-electron chi connectivity index (χ4n) is 5.11. The molecule has 194 valence electrons. The first-order valence-corrected chi connectivity index (χ1v) is 13.3. The fraction of sp³-hybridized carbons (Fsp3) is 0.250. The first kappa shape index (κ1) is 24.3. The Morgan fingerprint density at radius 1 is 1.18 bits per heavy atom. The van der Waals surface area contributed by atoms with E-state index in [1.54, 1.807) is 37.4 Å². The number of urea groups is 1. The first-order chi connectivity index (χ1) is 18.4. The van der Waals surface area contributed by atoms with E-state index in [1.807, 2.05) is 25.2 Å². The molecular formula is C28H26FN5O3S. The molecule has 1 atom stereocenters. The number of ether oxygens (including phenoxy) is 1. The second kappa shape index (κ2) is 9.70. The smallest absolute Gasteiger partial charge is 0.331 e. The maximum Gasteiger partial charge on any atom is 0.331 e. The average molecular weight is 532 g/mol. The number of nitrogens with zero attached hydrogens (tertiary/aromatic N) is 3. The van der Waals surface area contributed by atoms with E-state index in [1.165, 1.54) is 22.3 Å². The summed E-state index contributed by atoms with van der Waals surface area (Å²) >= 11 is 1.24. The second-order valence-electron chi connectivity index (χ2n) is 9.59. The van der Waals surface area contributed by atoms with Crippen molar-refractivity contribution in [2.75, 3.05) is 30.4 Å². The van der Waals surface area contributed by atoms with E-state index in [0.717, 1.165) is 25.9 Å². The molecule has 38 heavy (non-hydrogen) atoms. The van der Waals surface area contributed by atoms with E-state index in [2.05, 4.69) is 20.5 Å².